The number of urea groups is 1. The normalized spacial score (nSPS) is 23.2. The number of amides is 4. The van der Waals surface area contributed by atoms with E-state index in [0.29, 0.717) is 11.5 Å². The van der Waals surface area contributed by atoms with Crippen molar-refractivity contribution in [2.24, 2.45) is 5.92 Å². The van der Waals surface area contributed by atoms with E-state index < -0.39 is 42.0 Å². The monoisotopic (exact) mass is 417 g/mol. The molecule has 1 saturated heterocycles. The quantitative estimate of drug-likeness (QED) is 0.494. The maximum Gasteiger partial charge on any atom is 0.327 e. The molecule has 3 aliphatic rings. The molecule has 1 saturated carbocycles. The second-order valence-electron chi connectivity index (χ2n) is 7.84. The van der Waals surface area contributed by atoms with E-state index in [1.165, 1.54) is 6.92 Å². The van der Waals surface area contributed by atoms with Crippen LogP contribution >= 0.6 is 0 Å². The largest absolute Gasteiger partial charge is 0.454 e. The highest BCUT2D eigenvalue weighted by Crippen LogP contribution is 2.42. The Morgan fingerprint density at radius 1 is 1.30 bits per heavy atom. The molecule has 10 nitrogen and oxygen atoms in total. The number of hydrogen-bond acceptors (Lipinski definition) is 7. The van der Waals surface area contributed by atoms with Gasteiger partial charge in [-0.25, -0.2) is 4.79 Å². The number of ether oxygens (including phenoxy) is 3. The molecule has 1 aromatic rings. The molecular formula is C20H23N3O7. The minimum absolute atomic E-state index is 0.0934. The fraction of sp³-hybridized carbons (Fsp3) is 0.500. The molecule has 2 heterocycles. The van der Waals surface area contributed by atoms with Crippen LogP contribution in [0, 0.1) is 5.92 Å². The van der Waals surface area contributed by atoms with Gasteiger partial charge >= 0.3 is 12.0 Å². The summed E-state index contributed by atoms with van der Waals surface area (Å²) in [5.41, 5.74) is -0.171. The maximum absolute atomic E-state index is 12.6. The summed E-state index contributed by atoms with van der Waals surface area (Å²) in [5, 5.41) is 5.33. The van der Waals surface area contributed by atoms with E-state index in [4.69, 9.17) is 14.2 Å². The summed E-state index contributed by atoms with van der Waals surface area (Å²) in [6.45, 7) is 2.93. The van der Waals surface area contributed by atoms with Gasteiger partial charge in [-0.2, -0.15) is 0 Å². The average Bonchev–Trinajstić information content (AvgIpc) is 3.43. The second kappa shape index (κ2) is 7.51. The van der Waals surface area contributed by atoms with Crippen molar-refractivity contribution < 1.29 is 33.4 Å². The Balaban J connectivity index is 1.26. The first kappa shape index (κ1) is 20.0. The number of hydrogen-bond donors (Lipinski definition) is 2. The van der Waals surface area contributed by atoms with Crippen molar-refractivity contribution in [2.45, 2.75) is 44.9 Å². The van der Waals surface area contributed by atoms with Crippen LogP contribution in [-0.2, 0) is 25.7 Å². The first-order valence-electron chi connectivity index (χ1n) is 9.78. The molecule has 1 aromatic carbocycles. The molecule has 2 fully saturated rings. The lowest BCUT2D eigenvalue weighted by Crippen LogP contribution is -2.46. The van der Waals surface area contributed by atoms with Crippen LogP contribution in [0.2, 0.25) is 0 Å². The maximum atomic E-state index is 12.6. The molecule has 4 rings (SSSR count). The van der Waals surface area contributed by atoms with E-state index in [1.54, 1.807) is 25.1 Å². The van der Waals surface area contributed by atoms with Crippen LogP contribution in [-0.4, -0.2) is 53.7 Å². The van der Waals surface area contributed by atoms with Gasteiger partial charge in [0.25, 0.3) is 11.8 Å². The SMILES string of the molecule is C[C@H](OC(=O)CN1C(=O)N[C@](C)(C2CC2)C1=O)C(=O)NCc1ccc2c(c1)OCO2. The summed E-state index contributed by atoms with van der Waals surface area (Å²) in [5.74, 6) is -0.424. The van der Waals surface area contributed by atoms with Gasteiger partial charge in [0.2, 0.25) is 6.79 Å². The van der Waals surface area contributed by atoms with Gasteiger partial charge in [-0.3, -0.25) is 19.3 Å². The van der Waals surface area contributed by atoms with Crippen molar-refractivity contribution in [1.82, 2.24) is 15.5 Å². The third-order valence-electron chi connectivity index (χ3n) is 5.56. The van der Waals surface area contributed by atoms with Crippen LogP contribution in [0.5, 0.6) is 11.5 Å². The van der Waals surface area contributed by atoms with Crippen molar-refractivity contribution in [1.29, 1.82) is 0 Å². The van der Waals surface area contributed by atoms with Gasteiger partial charge in [-0.15, -0.1) is 0 Å². The van der Waals surface area contributed by atoms with Gasteiger partial charge in [0, 0.05) is 6.54 Å². The molecule has 2 atom stereocenters. The smallest absolute Gasteiger partial charge is 0.327 e. The summed E-state index contributed by atoms with van der Waals surface area (Å²) < 4.78 is 15.6. The molecule has 0 aromatic heterocycles. The Labute approximate surface area is 172 Å². The van der Waals surface area contributed by atoms with Crippen LogP contribution in [0.3, 0.4) is 0 Å². The number of fused-ring (bicyclic) bond motifs is 1. The molecule has 2 aliphatic heterocycles. The number of nitrogens with zero attached hydrogens (tertiary/aromatic N) is 1. The Kier molecular flexibility index (Phi) is 5.00. The van der Waals surface area contributed by atoms with Gasteiger partial charge in [0.15, 0.2) is 17.6 Å². The summed E-state index contributed by atoms with van der Waals surface area (Å²) in [6.07, 6.45) is 0.644. The number of carbonyl (C=O) groups excluding carboxylic acids is 4. The first-order valence-corrected chi connectivity index (χ1v) is 9.78. The van der Waals surface area contributed by atoms with E-state index in [9.17, 15) is 19.2 Å². The Bertz CT molecular complexity index is 914. The van der Waals surface area contributed by atoms with E-state index in [1.807, 2.05) is 0 Å². The Hall–Kier alpha value is -3.30. The molecule has 0 spiro atoms. The van der Waals surface area contributed by atoms with E-state index >= 15 is 0 Å². The first-order chi connectivity index (χ1) is 14.3. The lowest BCUT2D eigenvalue weighted by atomic mass is 9.96. The summed E-state index contributed by atoms with van der Waals surface area (Å²) in [7, 11) is 0. The van der Waals surface area contributed by atoms with E-state index in [-0.39, 0.29) is 19.3 Å². The number of carbonyl (C=O) groups is 4. The van der Waals surface area contributed by atoms with Crippen molar-refractivity contribution >= 4 is 23.8 Å². The topological polar surface area (TPSA) is 123 Å². The van der Waals surface area contributed by atoms with Crippen LogP contribution in [0.1, 0.15) is 32.3 Å². The lowest BCUT2D eigenvalue weighted by Gasteiger charge is -2.21. The number of esters is 1. The van der Waals surface area contributed by atoms with Crippen molar-refractivity contribution in [3.8, 4) is 11.5 Å². The second-order valence-corrected chi connectivity index (χ2v) is 7.84. The van der Waals surface area contributed by atoms with E-state index in [0.717, 1.165) is 23.3 Å². The van der Waals surface area contributed by atoms with E-state index in [2.05, 4.69) is 10.6 Å². The minimum atomic E-state index is -1.08. The highest BCUT2D eigenvalue weighted by atomic mass is 16.7. The molecule has 30 heavy (non-hydrogen) atoms. The third-order valence-corrected chi connectivity index (χ3v) is 5.56. The van der Waals surface area contributed by atoms with Gasteiger partial charge in [-0.05, 0) is 50.3 Å². The standard InChI is InChI=1S/C20H23N3O7/c1-11(17(25)21-8-12-3-6-14-15(7-12)29-10-28-14)30-16(24)9-23-18(26)20(2,13-4-5-13)22-19(23)27/h3,6-7,11,13H,4-5,8-10H2,1-2H3,(H,21,25)(H,22,27)/t11-,20+/m0/s1. The molecule has 0 unspecified atom stereocenters. The summed E-state index contributed by atoms with van der Waals surface area (Å²) >= 11 is 0. The zero-order chi connectivity index (χ0) is 21.5. The number of nitrogens with one attached hydrogen (secondary N) is 2. The van der Waals surface area contributed by atoms with Crippen LogP contribution in [0.4, 0.5) is 4.79 Å². The fourth-order valence-electron chi connectivity index (χ4n) is 3.60. The van der Waals surface area contributed by atoms with Gasteiger partial charge < -0.3 is 24.8 Å². The molecular weight excluding hydrogens is 394 g/mol. The van der Waals surface area contributed by atoms with Crippen molar-refractivity contribution in [2.75, 3.05) is 13.3 Å². The molecule has 0 bridgehead atoms. The van der Waals surface area contributed by atoms with Crippen LogP contribution in [0.25, 0.3) is 0 Å². The molecule has 10 heteroatoms. The number of rotatable bonds is 7. The van der Waals surface area contributed by atoms with Gasteiger partial charge in [0.05, 0.1) is 0 Å². The summed E-state index contributed by atoms with van der Waals surface area (Å²) in [4.78, 5) is 50.0. The summed E-state index contributed by atoms with van der Waals surface area (Å²) in [6, 6.07) is 4.68. The zero-order valence-corrected chi connectivity index (χ0v) is 16.7. The number of imide groups is 1. The molecule has 1 aliphatic carbocycles. The third kappa shape index (κ3) is 3.77. The van der Waals surface area contributed by atoms with Crippen molar-refractivity contribution in [3.63, 3.8) is 0 Å². The molecule has 2 N–H and O–H groups in total. The fourth-order valence-corrected chi connectivity index (χ4v) is 3.60. The Morgan fingerprint density at radius 2 is 2.03 bits per heavy atom. The lowest BCUT2D eigenvalue weighted by molar-refractivity contribution is -0.156. The molecule has 0 radical (unpaired) electrons. The average molecular weight is 417 g/mol. The number of benzene rings is 1. The van der Waals surface area contributed by atoms with Gasteiger partial charge in [-0.1, -0.05) is 6.07 Å². The zero-order valence-electron chi connectivity index (χ0n) is 16.7. The molecule has 4 amide bonds. The highest BCUT2D eigenvalue weighted by Gasteiger charge is 2.56. The minimum Gasteiger partial charge on any atom is -0.454 e. The van der Waals surface area contributed by atoms with Crippen LogP contribution < -0.4 is 20.1 Å². The van der Waals surface area contributed by atoms with Crippen molar-refractivity contribution in [3.05, 3.63) is 23.8 Å². The van der Waals surface area contributed by atoms with Crippen LogP contribution in [0.15, 0.2) is 18.2 Å². The Morgan fingerprint density at radius 3 is 2.77 bits per heavy atom. The van der Waals surface area contributed by atoms with Gasteiger partial charge in [0.1, 0.15) is 12.1 Å². The highest BCUT2D eigenvalue weighted by molar-refractivity contribution is 6.08. The molecule has 160 valence electrons. The predicted octanol–water partition coefficient (Wildman–Crippen LogP) is 0.684. The predicted molar refractivity (Wildman–Crippen MR) is 101 cm³/mol.